The Balaban J connectivity index is 1.65. The molecular weight excluding hydrogens is 350 g/mol. The van der Waals surface area contributed by atoms with Crippen LogP contribution in [0.2, 0.25) is 0 Å². The van der Waals surface area contributed by atoms with Gasteiger partial charge in [-0.3, -0.25) is 4.28 Å². The van der Waals surface area contributed by atoms with E-state index in [9.17, 15) is 23.4 Å². The molecule has 1 aromatic heterocycles. The average Bonchev–Trinajstić information content (AvgIpc) is 3.21. The average molecular weight is 369 g/mol. The van der Waals surface area contributed by atoms with Crippen LogP contribution in [0.4, 0.5) is 0 Å². The van der Waals surface area contributed by atoms with Crippen LogP contribution in [0.3, 0.4) is 0 Å². The molecule has 25 heavy (non-hydrogen) atoms. The maximum absolute atomic E-state index is 12.0. The van der Waals surface area contributed by atoms with Crippen molar-refractivity contribution in [2.75, 3.05) is 12.4 Å². The summed E-state index contributed by atoms with van der Waals surface area (Å²) in [5.41, 5.74) is 1.24. The topological polar surface area (TPSA) is 115 Å². The van der Waals surface area contributed by atoms with Crippen molar-refractivity contribution >= 4 is 16.1 Å². The van der Waals surface area contributed by atoms with E-state index < -0.39 is 33.6 Å². The Hall–Kier alpha value is -2.42. The molecular formula is C16H19NO7S. The smallest absolute Gasteiger partial charge is 0.333 e. The predicted molar refractivity (Wildman–Crippen MR) is 87.8 cm³/mol. The molecule has 0 aromatic carbocycles. The lowest BCUT2D eigenvalue weighted by Gasteiger charge is -2.11. The molecule has 8 nitrogen and oxygen atoms in total. The number of hydrogen-bond donors (Lipinski definition) is 2. The highest BCUT2D eigenvalue weighted by molar-refractivity contribution is 7.86. The van der Waals surface area contributed by atoms with E-state index in [2.05, 4.69) is 6.58 Å². The summed E-state index contributed by atoms with van der Waals surface area (Å²) in [7, 11) is -4.09. The Morgan fingerprint density at radius 1 is 1.28 bits per heavy atom. The molecule has 136 valence electrons. The molecule has 1 aromatic rings. The third-order valence-corrected chi connectivity index (χ3v) is 5.46. The highest BCUT2D eigenvalue weighted by atomic mass is 32.2. The molecule has 9 heteroatoms. The fourth-order valence-corrected chi connectivity index (χ4v) is 4.08. The number of aromatic nitrogens is 1. The van der Waals surface area contributed by atoms with Gasteiger partial charge in [0.05, 0.1) is 12.4 Å². The summed E-state index contributed by atoms with van der Waals surface area (Å²) in [5, 5.41) is 20.4. The van der Waals surface area contributed by atoms with Crippen LogP contribution >= 0.6 is 0 Å². The number of carbonyl (C=O) groups excluding carboxylic acids is 1. The Labute approximate surface area is 145 Å². The molecule has 2 atom stereocenters. The minimum Gasteiger partial charge on any atom is -0.492 e. The zero-order chi connectivity index (χ0) is 18.4. The lowest BCUT2D eigenvalue weighted by molar-refractivity contribution is -0.138. The van der Waals surface area contributed by atoms with Crippen LogP contribution in [0.25, 0.3) is 0 Å². The van der Waals surface area contributed by atoms with Crippen LogP contribution in [0, 0.1) is 0 Å². The van der Waals surface area contributed by atoms with Crippen LogP contribution in [0.5, 0.6) is 11.8 Å². The number of allylic oxidation sites excluding steroid dienone is 2. The molecule has 1 heterocycles. The molecule has 2 N–H and O–H groups in total. The monoisotopic (exact) mass is 369 g/mol. The summed E-state index contributed by atoms with van der Waals surface area (Å²) in [5.74, 6) is -1.93. The minimum absolute atomic E-state index is 0.0106. The molecule has 0 radical (unpaired) electrons. The first-order valence-electron chi connectivity index (χ1n) is 7.81. The van der Waals surface area contributed by atoms with Gasteiger partial charge in [-0.25, -0.2) is 4.79 Å². The van der Waals surface area contributed by atoms with E-state index in [-0.39, 0.29) is 30.4 Å². The molecule has 2 bridgehead atoms. The van der Waals surface area contributed by atoms with Gasteiger partial charge in [-0.15, -0.1) is 0 Å². The van der Waals surface area contributed by atoms with Gasteiger partial charge >= 0.3 is 16.1 Å². The predicted octanol–water partition coefficient (Wildman–Crippen LogP) is 1.31. The lowest BCUT2D eigenvalue weighted by Crippen LogP contribution is -2.23. The van der Waals surface area contributed by atoms with E-state index in [0.717, 1.165) is 6.42 Å². The second-order valence-corrected chi connectivity index (χ2v) is 7.88. The van der Waals surface area contributed by atoms with Gasteiger partial charge in [-0.05, 0) is 19.8 Å². The molecule has 0 saturated carbocycles. The number of ether oxygens (including phenoxy) is 1. The largest absolute Gasteiger partial charge is 0.492 e. The SMILES string of the molecule is C=C(C)C(=O)OCCCS(=O)(=O)On1c(O)c2c(c1O)C1C=CC2C1. The molecule has 0 fully saturated rings. The van der Waals surface area contributed by atoms with Crippen molar-refractivity contribution in [3.63, 3.8) is 0 Å². The zero-order valence-electron chi connectivity index (χ0n) is 13.6. The van der Waals surface area contributed by atoms with Crippen LogP contribution in [0.1, 0.15) is 42.7 Å². The van der Waals surface area contributed by atoms with Crippen LogP contribution in [-0.4, -0.2) is 41.7 Å². The first kappa shape index (κ1) is 17.4. The van der Waals surface area contributed by atoms with Crippen LogP contribution in [0.15, 0.2) is 24.3 Å². The first-order chi connectivity index (χ1) is 11.7. The summed E-state index contributed by atoms with van der Waals surface area (Å²) in [6, 6.07) is 0. The number of fused-ring (bicyclic) bond motifs is 5. The molecule has 0 spiro atoms. The van der Waals surface area contributed by atoms with E-state index in [0.29, 0.717) is 15.9 Å². The van der Waals surface area contributed by atoms with E-state index >= 15 is 0 Å². The maximum atomic E-state index is 12.0. The van der Waals surface area contributed by atoms with Gasteiger partial charge in [0.25, 0.3) is 0 Å². The number of aromatic hydroxyl groups is 2. The maximum Gasteiger partial charge on any atom is 0.333 e. The molecule has 2 aliphatic carbocycles. The minimum atomic E-state index is -4.09. The van der Waals surface area contributed by atoms with Crippen molar-refractivity contribution in [3.05, 3.63) is 35.4 Å². The Bertz CT molecular complexity index is 830. The molecule has 2 aliphatic rings. The van der Waals surface area contributed by atoms with Crippen molar-refractivity contribution in [2.24, 2.45) is 0 Å². The van der Waals surface area contributed by atoms with Gasteiger partial charge in [0, 0.05) is 28.5 Å². The Morgan fingerprint density at radius 3 is 2.36 bits per heavy atom. The van der Waals surface area contributed by atoms with Crippen molar-refractivity contribution in [1.29, 1.82) is 0 Å². The van der Waals surface area contributed by atoms with Gasteiger partial charge in [-0.2, -0.15) is 8.42 Å². The third kappa shape index (κ3) is 3.11. The third-order valence-electron chi connectivity index (χ3n) is 4.29. The highest BCUT2D eigenvalue weighted by Crippen LogP contribution is 2.56. The summed E-state index contributed by atoms with van der Waals surface area (Å²) in [6.45, 7) is 4.80. The number of rotatable bonds is 7. The van der Waals surface area contributed by atoms with E-state index in [1.54, 1.807) is 0 Å². The molecule has 3 rings (SSSR count). The van der Waals surface area contributed by atoms with E-state index in [1.807, 2.05) is 12.2 Å². The molecule has 0 aliphatic heterocycles. The fourth-order valence-electron chi connectivity index (χ4n) is 3.16. The summed E-state index contributed by atoms with van der Waals surface area (Å²) in [6.07, 6.45) is 4.60. The van der Waals surface area contributed by atoms with Crippen molar-refractivity contribution in [2.45, 2.75) is 31.6 Å². The normalized spacial score (nSPS) is 20.5. The van der Waals surface area contributed by atoms with Gasteiger partial charge in [0.15, 0.2) is 0 Å². The fraction of sp³-hybridized carbons (Fsp3) is 0.438. The quantitative estimate of drug-likeness (QED) is 0.322. The second-order valence-electron chi connectivity index (χ2n) is 6.21. The van der Waals surface area contributed by atoms with Crippen molar-refractivity contribution < 1.29 is 32.4 Å². The lowest BCUT2D eigenvalue weighted by atomic mass is 10.0. The zero-order valence-corrected chi connectivity index (χ0v) is 14.5. The second kappa shape index (κ2) is 6.14. The van der Waals surface area contributed by atoms with Crippen molar-refractivity contribution in [1.82, 2.24) is 4.73 Å². The van der Waals surface area contributed by atoms with Gasteiger partial charge in [0.2, 0.25) is 11.8 Å². The molecule has 0 amide bonds. The summed E-state index contributed by atoms with van der Waals surface area (Å²) >= 11 is 0. The standard InChI is InChI=1S/C16H19NO7S/c1-9(2)16(20)23-6-3-7-25(21,22)24-17-14(18)12-10-4-5-11(8-10)13(12)15(17)19/h4-5,10-11,18-19H,1,3,6-8H2,2H3. The van der Waals surface area contributed by atoms with Gasteiger partial charge < -0.3 is 14.9 Å². The van der Waals surface area contributed by atoms with Gasteiger partial charge in [-0.1, -0.05) is 23.5 Å². The summed E-state index contributed by atoms with van der Waals surface area (Å²) in [4.78, 5) is 11.2. The first-order valence-corrected chi connectivity index (χ1v) is 9.39. The van der Waals surface area contributed by atoms with Crippen LogP contribution < -0.4 is 4.28 Å². The number of nitrogens with zero attached hydrogens (tertiary/aromatic N) is 1. The number of carbonyl (C=O) groups is 1. The Kier molecular flexibility index (Phi) is 4.28. The highest BCUT2D eigenvalue weighted by Gasteiger charge is 2.42. The van der Waals surface area contributed by atoms with Crippen LogP contribution in [-0.2, 0) is 19.6 Å². The van der Waals surface area contributed by atoms with Crippen molar-refractivity contribution in [3.8, 4) is 11.8 Å². The van der Waals surface area contributed by atoms with Gasteiger partial charge in [0.1, 0.15) is 0 Å². The molecule has 0 saturated heterocycles. The van der Waals surface area contributed by atoms with E-state index in [4.69, 9.17) is 9.02 Å². The Morgan fingerprint density at radius 2 is 1.84 bits per heavy atom. The van der Waals surface area contributed by atoms with E-state index in [1.165, 1.54) is 6.92 Å². The summed E-state index contributed by atoms with van der Waals surface area (Å²) < 4.78 is 34.3. The number of hydrogen-bond acceptors (Lipinski definition) is 7. The molecule has 2 unspecified atom stereocenters. The number of esters is 1.